The van der Waals surface area contributed by atoms with Crippen molar-refractivity contribution in [1.29, 1.82) is 0 Å². The number of hydrogen-bond acceptors (Lipinski definition) is 2. The van der Waals surface area contributed by atoms with Crippen LogP contribution in [0, 0.1) is 6.92 Å². The molecule has 1 saturated heterocycles. The van der Waals surface area contributed by atoms with Crippen LogP contribution >= 0.6 is 15.9 Å². The van der Waals surface area contributed by atoms with Crippen molar-refractivity contribution in [1.82, 2.24) is 9.78 Å². The van der Waals surface area contributed by atoms with Crippen LogP contribution in [0.4, 0.5) is 0 Å². The second-order valence-corrected chi connectivity index (χ2v) is 3.51. The van der Waals surface area contributed by atoms with Crippen molar-refractivity contribution in [3.05, 3.63) is 16.4 Å². The molecular weight excluding hydrogens is 208 g/mol. The molecule has 1 aliphatic heterocycles. The molecule has 1 aliphatic rings. The fraction of sp³-hybridized carbons (Fsp3) is 0.571. The summed E-state index contributed by atoms with van der Waals surface area (Å²) in [6.45, 7) is 3.62. The molecule has 0 atom stereocenters. The Kier molecular flexibility index (Phi) is 1.73. The Labute approximate surface area is 73.5 Å². The number of aryl methyl sites for hydroxylation is 1. The third kappa shape index (κ3) is 1.10. The summed E-state index contributed by atoms with van der Waals surface area (Å²) < 4.78 is 8.12. The van der Waals surface area contributed by atoms with Crippen molar-refractivity contribution in [3.8, 4) is 0 Å². The molecule has 2 heterocycles. The summed E-state index contributed by atoms with van der Waals surface area (Å²) in [6, 6.07) is 0.443. The smallest absolute Gasteiger partial charge is 0.107 e. The largest absolute Gasteiger partial charge is 0.377 e. The number of nitrogens with zero attached hydrogens (tertiary/aromatic N) is 2. The molecule has 0 saturated carbocycles. The molecule has 0 amide bonds. The number of ether oxygens (including phenoxy) is 1. The Morgan fingerprint density at radius 2 is 2.45 bits per heavy atom. The molecule has 1 aromatic rings. The van der Waals surface area contributed by atoms with Gasteiger partial charge in [-0.2, -0.15) is 5.10 Å². The molecule has 1 aromatic heterocycles. The van der Waals surface area contributed by atoms with Gasteiger partial charge in [0.15, 0.2) is 0 Å². The zero-order valence-electron chi connectivity index (χ0n) is 6.25. The zero-order valence-corrected chi connectivity index (χ0v) is 7.84. The maximum atomic E-state index is 5.07. The maximum absolute atomic E-state index is 5.07. The van der Waals surface area contributed by atoms with E-state index in [1.165, 1.54) is 5.56 Å². The molecule has 0 spiro atoms. The van der Waals surface area contributed by atoms with Gasteiger partial charge in [0.1, 0.15) is 4.60 Å². The molecule has 0 radical (unpaired) electrons. The summed E-state index contributed by atoms with van der Waals surface area (Å²) in [4.78, 5) is 0. The van der Waals surface area contributed by atoms with Crippen molar-refractivity contribution in [2.75, 3.05) is 13.2 Å². The average molecular weight is 217 g/mol. The lowest BCUT2D eigenvalue weighted by molar-refractivity contribution is -0.0296. The standard InChI is InChI=1S/C7H9BrN2O/c1-5-2-9-10(7(5)8)6-3-11-4-6/h2,6H,3-4H2,1H3. The molecule has 3 nitrogen and oxygen atoms in total. The van der Waals surface area contributed by atoms with E-state index in [9.17, 15) is 0 Å². The summed E-state index contributed by atoms with van der Waals surface area (Å²) in [5.41, 5.74) is 1.18. The van der Waals surface area contributed by atoms with Gasteiger partial charge in [-0.1, -0.05) is 0 Å². The van der Waals surface area contributed by atoms with Crippen LogP contribution in [0.3, 0.4) is 0 Å². The van der Waals surface area contributed by atoms with Crippen LogP contribution in [0.5, 0.6) is 0 Å². The molecule has 2 rings (SSSR count). The van der Waals surface area contributed by atoms with E-state index >= 15 is 0 Å². The summed E-state index contributed by atoms with van der Waals surface area (Å²) >= 11 is 3.47. The number of hydrogen-bond donors (Lipinski definition) is 0. The Bertz CT molecular complexity index is 267. The highest BCUT2D eigenvalue weighted by atomic mass is 79.9. The highest BCUT2D eigenvalue weighted by Gasteiger charge is 2.23. The predicted octanol–water partition coefficient (Wildman–Crippen LogP) is 1.53. The van der Waals surface area contributed by atoms with Gasteiger partial charge in [0, 0.05) is 5.56 Å². The lowest BCUT2D eigenvalue weighted by atomic mass is 10.3. The van der Waals surface area contributed by atoms with Crippen molar-refractivity contribution < 1.29 is 4.74 Å². The van der Waals surface area contributed by atoms with E-state index < -0.39 is 0 Å². The summed E-state index contributed by atoms with van der Waals surface area (Å²) in [5, 5.41) is 4.23. The predicted molar refractivity (Wildman–Crippen MR) is 44.5 cm³/mol. The van der Waals surface area contributed by atoms with Gasteiger partial charge in [0.2, 0.25) is 0 Å². The molecule has 0 bridgehead atoms. The van der Waals surface area contributed by atoms with Crippen LogP contribution in [-0.2, 0) is 4.74 Å². The fourth-order valence-electron chi connectivity index (χ4n) is 1.05. The van der Waals surface area contributed by atoms with E-state index in [1.807, 2.05) is 17.8 Å². The SMILES string of the molecule is Cc1cnn(C2COC2)c1Br. The third-order valence-electron chi connectivity index (χ3n) is 1.87. The highest BCUT2D eigenvalue weighted by molar-refractivity contribution is 9.10. The molecule has 11 heavy (non-hydrogen) atoms. The lowest BCUT2D eigenvalue weighted by Crippen LogP contribution is -2.31. The molecule has 1 fully saturated rings. The van der Waals surface area contributed by atoms with Crippen LogP contribution in [0.15, 0.2) is 10.8 Å². The molecule has 0 unspecified atom stereocenters. The fourth-order valence-corrected chi connectivity index (χ4v) is 1.54. The first kappa shape index (κ1) is 7.31. The molecular formula is C7H9BrN2O. The van der Waals surface area contributed by atoms with Gasteiger partial charge in [-0.25, -0.2) is 0 Å². The first-order chi connectivity index (χ1) is 5.29. The summed E-state index contributed by atoms with van der Waals surface area (Å²) in [5.74, 6) is 0. The number of aromatic nitrogens is 2. The number of rotatable bonds is 1. The first-order valence-corrected chi connectivity index (χ1v) is 4.35. The second kappa shape index (κ2) is 2.60. The van der Waals surface area contributed by atoms with Crippen LogP contribution in [0.1, 0.15) is 11.6 Å². The molecule has 4 heteroatoms. The normalized spacial score (nSPS) is 18.4. The van der Waals surface area contributed by atoms with Crippen LogP contribution < -0.4 is 0 Å². The quantitative estimate of drug-likeness (QED) is 0.713. The van der Waals surface area contributed by atoms with E-state index in [2.05, 4.69) is 21.0 Å². The van der Waals surface area contributed by atoms with Crippen molar-refractivity contribution in [2.24, 2.45) is 0 Å². The van der Waals surface area contributed by atoms with Gasteiger partial charge in [0.05, 0.1) is 25.5 Å². The lowest BCUT2D eigenvalue weighted by Gasteiger charge is -2.26. The zero-order chi connectivity index (χ0) is 7.84. The molecule has 0 N–H and O–H groups in total. The van der Waals surface area contributed by atoms with E-state index in [1.54, 1.807) is 0 Å². The van der Waals surface area contributed by atoms with Gasteiger partial charge < -0.3 is 4.74 Å². The minimum atomic E-state index is 0.443. The van der Waals surface area contributed by atoms with E-state index in [0.717, 1.165) is 17.8 Å². The van der Waals surface area contributed by atoms with E-state index in [0.29, 0.717) is 6.04 Å². The molecule has 60 valence electrons. The third-order valence-corrected chi connectivity index (χ3v) is 2.86. The maximum Gasteiger partial charge on any atom is 0.107 e. The van der Waals surface area contributed by atoms with Crippen molar-refractivity contribution in [3.63, 3.8) is 0 Å². The Morgan fingerprint density at radius 1 is 1.73 bits per heavy atom. The Hall–Kier alpha value is -0.350. The number of halogens is 1. The van der Waals surface area contributed by atoms with Crippen molar-refractivity contribution in [2.45, 2.75) is 13.0 Å². The minimum Gasteiger partial charge on any atom is -0.377 e. The van der Waals surface area contributed by atoms with Gasteiger partial charge in [-0.15, -0.1) is 0 Å². The highest BCUT2D eigenvalue weighted by Crippen LogP contribution is 2.23. The molecule has 0 aliphatic carbocycles. The monoisotopic (exact) mass is 216 g/mol. The average Bonchev–Trinajstić information content (AvgIpc) is 2.15. The van der Waals surface area contributed by atoms with Gasteiger partial charge in [-0.3, -0.25) is 4.68 Å². The second-order valence-electron chi connectivity index (χ2n) is 2.75. The topological polar surface area (TPSA) is 27.1 Å². The van der Waals surface area contributed by atoms with Gasteiger partial charge in [0.25, 0.3) is 0 Å². The van der Waals surface area contributed by atoms with Gasteiger partial charge >= 0.3 is 0 Å². The first-order valence-electron chi connectivity index (χ1n) is 3.56. The van der Waals surface area contributed by atoms with Gasteiger partial charge in [-0.05, 0) is 22.9 Å². The summed E-state index contributed by atoms with van der Waals surface area (Å²) in [7, 11) is 0. The Balaban J connectivity index is 2.29. The molecule has 0 aromatic carbocycles. The minimum absolute atomic E-state index is 0.443. The van der Waals surface area contributed by atoms with Crippen LogP contribution in [0.2, 0.25) is 0 Å². The van der Waals surface area contributed by atoms with E-state index in [-0.39, 0.29) is 0 Å². The van der Waals surface area contributed by atoms with Crippen LogP contribution in [0.25, 0.3) is 0 Å². The summed E-state index contributed by atoms with van der Waals surface area (Å²) in [6.07, 6.45) is 1.86. The van der Waals surface area contributed by atoms with E-state index in [4.69, 9.17) is 4.74 Å². The van der Waals surface area contributed by atoms with Crippen molar-refractivity contribution >= 4 is 15.9 Å². The van der Waals surface area contributed by atoms with Crippen LogP contribution in [-0.4, -0.2) is 23.0 Å². The Morgan fingerprint density at radius 3 is 2.82 bits per heavy atom.